The van der Waals surface area contributed by atoms with Crippen molar-refractivity contribution in [2.45, 2.75) is 31.2 Å². The Kier molecular flexibility index (Phi) is 6.96. The van der Waals surface area contributed by atoms with Gasteiger partial charge in [0.15, 0.2) is 4.80 Å². The summed E-state index contributed by atoms with van der Waals surface area (Å²) in [5.74, 6) is -1.74. The maximum atomic E-state index is 13.2. The highest BCUT2D eigenvalue weighted by molar-refractivity contribution is 7.89. The highest BCUT2D eigenvalue weighted by Gasteiger charge is 2.32. The Bertz CT molecular complexity index is 1400. The van der Waals surface area contributed by atoms with Crippen LogP contribution >= 0.6 is 11.3 Å². The highest BCUT2D eigenvalue weighted by atomic mass is 32.2. The number of piperidine rings is 1. The average molecular weight is 506 g/mol. The lowest BCUT2D eigenvalue weighted by molar-refractivity contribution is -0.141. The molecule has 3 aromatic rings. The van der Waals surface area contributed by atoms with Crippen LogP contribution in [0.4, 0.5) is 4.39 Å². The largest absolute Gasteiger partial charge is 0.468 e. The number of amides is 1. The number of halogens is 1. The topological polar surface area (TPSA) is 98.0 Å². The monoisotopic (exact) mass is 505 g/mol. The van der Waals surface area contributed by atoms with Crippen LogP contribution in [0.25, 0.3) is 10.2 Å². The molecular formula is C23H24FN3O5S2. The fraction of sp³-hybridized carbons (Fsp3) is 0.348. The summed E-state index contributed by atoms with van der Waals surface area (Å²) in [7, 11) is -2.46. The first-order valence-corrected chi connectivity index (χ1v) is 13.0. The van der Waals surface area contributed by atoms with E-state index in [1.165, 1.54) is 34.9 Å². The Morgan fingerprint density at radius 1 is 1.15 bits per heavy atom. The molecule has 1 fully saturated rings. The van der Waals surface area contributed by atoms with Crippen molar-refractivity contribution in [3.05, 3.63) is 58.6 Å². The van der Waals surface area contributed by atoms with Gasteiger partial charge in [0, 0.05) is 19.0 Å². The third-order valence-corrected chi connectivity index (χ3v) is 8.77. The summed E-state index contributed by atoms with van der Waals surface area (Å²) in [6.45, 7) is 2.22. The molecule has 0 radical (unpaired) electrons. The van der Waals surface area contributed by atoms with E-state index in [-0.39, 0.29) is 30.4 Å². The molecule has 1 aliphatic rings. The van der Waals surface area contributed by atoms with E-state index < -0.39 is 27.7 Å². The van der Waals surface area contributed by atoms with Crippen molar-refractivity contribution in [3.8, 4) is 0 Å². The summed E-state index contributed by atoms with van der Waals surface area (Å²) in [6, 6.07) is 10.5. The maximum absolute atomic E-state index is 13.2. The van der Waals surface area contributed by atoms with Crippen LogP contribution in [0.5, 0.6) is 0 Å². The Hall–Kier alpha value is -2.89. The van der Waals surface area contributed by atoms with Crippen LogP contribution in [0.3, 0.4) is 0 Å². The number of rotatable bonds is 5. The highest BCUT2D eigenvalue weighted by Crippen LogP contribution is 2.25. The quantitative estimate of drug-likeness (QED) is 0.497. The molecule has 0 spiro atoms. The molecule has 2 heterocycles. The Balaban J connectivity index is 1.54. The van der Waals surface area contributed by atoms with E-state index in [2.05, 4.69) is 4.99 Å². The number of hydrogen-bond donors (Lipinski definition) is 0. The number of thiazole rings is 1. The first-order valence-electron chi connectivity index (χ1n) is 10.7. The zero-order valence-electron chi connectivity index (χ0n) is 18.7. The number of nitrogens with zero attached hydrogens (tertiary/aromatic N) is 3. The maximum Gasteiger partial charge on any atom is 0.325 e. The molecule has 1 aromatic heterocycles. The van der Waals surface area contributed by atoms with E-state index in [0.29, 0.717) is 17.6 Å². The van der Waals surface area contributed by atoms with Gasteiger partial charge in [0.25, 0.3) is 5.91 Å². The normalized spacial score (nSPS) is 16.1. The van der Waals surface area contributed by atoms with Gasteiger partial charge in [-0.05, 0) is 61.7 Å². The summed E-state index contributed by atoms with van der Waals surface area (Å²) in [6.07, 6.45) is 0.646. The molecular weight excluding hydrogens is 481 g/mol. The minimum absolute atomic E-state index is 0.0211. The van der Waals surface area contributed by atoms with Crippen LogP contribution in [-0.2, 0) is 30.9 Å². The van der Waals surface area contributed by atoms with Crippen LogP contribution < -0.4 is 4.80 Å². The predicted octanol–water partition coefficient (Wildman–Crippen LogP) is 2.85. The van der Waals surface area contributed by atoms with Crippen LogP contribution in [0.1, 0.15) is 18.4 Å². The van der Waals surface area contributed by atoms with Gasteiger partial charge in [-0.15, -0.1) is 0 Å². The van der Waals surface area contributed by atoms with Gasteiger partial charge >= 0.3 is 5.97 Å². The third-order valence-electron chi connectivity index (χ3n) is 5.81. The molecule has 180 valence electrons. The Morgan fingerprint density at radius 3 is 2.47 bits per heavy atom. The lowest BCUT2D eigenvalue weighted by Gasteiger charge is -2.29. The first kappa shape index (κ1) is 24.2. The van der Waals surface area contributed by atoms with Crippen molar-refractivity contribution in [3.63, 3.8) is 0 Å². The predicted molar refractivity (Wildman–Crippen MR) is 125 cm³/mol. The molecule has 1 aliphatic heterocycles. The van der Waals surface area contributed by atoms with Gasteiger partial charge in [-0.25, -0.2) is 12.8 Å². The third kappa shape index (κ3) is 4.96. The van der Waals surface area contributed by atoms with Crippen LogP contribution in [0.15, 0.2) is 52.4 Å². The Morgan fingerprint density at radius 2 is 1.82 bits per heavy atom. The van der Waals surface area contributed by atoms with Crippen molar-refractivity contribution in [2.24, 2.45) is 10.9 Å². The molecule has 2 aromatic carbocycles. The van der Waals surface area contributed by atoms with E-state index in [0.717, 1.165) is 27.9 Å². The molecule has 11 heteroatoms. The molecule has 0 atom stereocenters. The second-order valence-corrected chi connectivity index (χ2v) is 11.0. The smallest absolute Gasteiger partial charge is 0.325 e. The van der Waals surface area contributed by atoms with Crippen LogP contribution in [0, 0.1) is 18.7 Å². The summed E-state index contributed by atoms with van der Waals surface area (Å²) >= 11 is 1.32. The average Bonchev–Trinajstić information content (AvgIpc) is 3.14. The SMILES string of the molecule is COC(=O)Cn1c(=NC(=O)C2CCN(S(=O)(=O)c3ccc(F)cc3)CC2)sc2cc(C)ccc21. The summed E-state index contributed by atoms with van der Waals surface area (Å²) in [5, 5.41) is 0. The van der Waals surface area contributed by atoms with Crippen LogP contribution in [-0.4, -0.2) is 49.4 Å². The van der Waals surface area contributed by atoms with Gasteiger partial charge in [0.2, 0.25) is 10.0 Å². The molecule has 0 bridgehead atoms. The van der Waals surface area contributed by atoms with Crippen molar-refractivity contribution in [1.82, 2.24) is 8.87 Å². The van der Waals surface area contributed by atoms with E-state index >= 15 is 0 Å². The lowest BCUT2D eigenvalue weighted by Crippen LogP contribution is -2.40. The molecule has 1 saturated heterocycles. The van der Waals surface area contributed by atoms with Crippen molar-refractivity contribution in [2.75, 3.05) is 20.2 Å². The molecule has 0 saturated carbocycles. The summed E-state index contributed by atoms with van der Waals surface area (Å²) in [4.78, 5) is 29.7. The standard InChI is InChI=1S/C23H24FN3O5S2/c1-15-3-8-19-20(13-15)33-23(27(19)14-21(28)32-2)25-22(29)16-9-11-26(12-10-16)34(30,31)18-6-4-17(24)5-7-18/h3-8,13,16H,9-12,14H2,1-2H3. The minimum Gasteiger partial charge on any atom is -0.468 e. The van der Waals surface area contributed by atoms with Gasteiger partial charge in [0.05, 0.1) is 22.2 Å². The van der Waals surface area contributed by atoms with Gasteiger partial charge in [0.1, 0.15) is 12.4 Å². The second-order valence-electron chi connectivity index (χ2n) is 8.10. The van der Waals surface area contributed by atoms with Crippen LogP contribution in [0.2, 0.25) is 0 Å². The molecule has 8 nitrogen and oxygen atoms in total. The molecule has 1 amide bonds. The zero-order valence-corrected chi connectivity index (χ0v) is 20.4. The van der Waals surface area contributed by atoms with Gasteiger partial charge in [-0.3, -0.25) is 9.59 Å². The number of sulfonamides is 1. The minimum atomic E-state index is -3.76. The number of fused-ring (bicyclic) bond motifs is 1. The number of esters is 1. The van der Waals surface area contributed by atoms with Crippen molar-refractivity contribution in [1.29, 1.82) is 0 Å². The lowest BCUT2D eigenvalue weighted by atomic mass is 9.98. The molecule has 4 rings (SSSR count). The number of hydrogen-bond acceptors (Lipinski definition) is 6. The fourth-order valence-electron chi connectivity index (χ4n) is 3.90. The first-order chi connectivity index (χ1) is 16.2. The van der Waals surface area contributed by atoms with Crippen molar-refractivity contribution >= 4 is 43.5 Å². The number of methoxy groups -OCH3 is 1. The number of aromatic nitrogens is 1. The van der Waals surface area contributed by atoms with E-state index in [4.69, 9.17) is 4.74 Å². The molecule has 0 aliphatic carbocycles. The second kappa shape index (κ2) is 9.77. The van der Waals surface area contributed by atoms with E-state index in [9.17, 15) is 22.4 Å². The molecule has 0 N–H and O–H groups in total. The zero-order chi connectivity index (χ0) is 24.5. The van der Waals surface area contributed by atoms with Gasteiger partial charge in [-0.1, -0.05) is 17.4 Å². The van der Waals surface area contributed by atoms with E-state index in [1.807, 2.05) is 25.1 Å². The number of aryl methyl sites for hydroxylation is 1. The van der Waals surface area contributed by atoms with Crippen molar-refractivity contribution < 1.29 is 27.1 Å². The summed E-state index contributed by atoms with van der Waals surface area (Å²) < 4.78 is 47.5. The molecule has 0 unspecified atom stereocenters. The number of benzene rings is 2. The van der Waals surface area contributed by atoms with E-state index in [1.54, 1.807) is 4.57 Å². The van der Waals surface area contributed by atoms with Gasteiger partial charge < -0.3 is 9.30 Å². The Labute approximate surface area is 200 Å². The van der Waals surface area contributed by atoms with Gasteiger partial charge in [-0.2, -0.15) is 9.30 Å². The number of ether oxygens (including phenoxy) is 1. The summed E-state index contributed by atoms with van der Waals surface area (Å²) in [5.41, 5.74) is 1.83. The molecule has 34 heavy (non-hydrogen) atoms. The number of carbonyl (C=O) groups is 2. The number of carbonyl (C=O) groups excluding carboxylic acids is 2. The fourth-order valence-corrected chi connectivity index (χ4v) is 6.50.